The summed E-state index contributed by atoms with van der Waals surface area (Å²) >= 11 is 0. The molecule has 0 bridgehead atoms. The molecular formula is C16H6F12N6. The first-order valence-corrected chi connectivity index (χ1v) is 8.37. The molecule has 0 aliphatic carbocycles. The van der Waals surface area contributed by atoms with Crippen molar-refractivity contribution in [2.24, 2.45) is 0 Å². The third kappa shape index (κ3) is 5.14. The molecule has 2 heterocycles. The molecule has 184 valence electrons. The molecule has 0 fully saturated rings. The van der Waals surface area contributed by atoms with Gasteiger partial charge < -0.3 is 0 Å². The van der Waals surface area contributed by atoms with Crippen molar-refractivity contribution < 1.29 is 52.7 Å². The molecule has 0 spiro atoms. The first-order valence-electron chi connectivity index (χ1n) is 8.37. The SMILES string of the molecule is FC(F)(F)c1cc(C(F)(F)F)c2n[nH]nc2c1.FC(F)(F)c1cc(C(F)(F)F)c2n[nH]nc2c1. The van der Waals surface area contributed by atoms with E-state index in [0.29, 0.717) is 12.1 Å². The number of hydrogen-bond donors (Lipinski definition) is 2. The Hall–Kier alpha value is -3.60. The minimum atomic E-state index is -4.92. The van der Waals surface area contributed by atoms with Crippen molar-refractivity contribution in [2.45, 2.75) is 24.7 Å². The van der Waals surface area contributed by atoms with E-state index in [2.05, 4.69) is 20.4 Å². The quantitative estimate of drug-likeness (QED) is 0.285. The maximum atomic E-state index is 12.5. The van der Waals surface area contributed by atoms with E-state index in [-0.39, 0.29) is 12.1 Å². The standard InChI is InChI=1S/2C8H3F6N3/c2*9-7(10,11)3-1-4(8(12,13)14)6-5(2-3)15-17-16-6/h2*1-2H,(H,15,16,17). The van der Waals surface area contributed by atoms with E-state index >= 15 is 0 Å². The van der Waals surface area contributed by atoms with Crippen molar-refractivity contribution in [3.8, 4) is 0 Å². The molecule has 0 aliphatic heterocycles. The summed E-state index contributed by atoms with van der Waals surface area (Å²) in [6, 6.07) is 1.05. The Labute approximate surface area is 177 Å². The lowest BCUT2D eigenvalue weighted by Gasteiger charge is -2.11. The molecule has 0 aliphatic rings. The Morgan fingerprint density at radius 1 is 0.441 bits per heavy atom. The molecule has 0 atom stereocenters. The first-order chi connectivity index (χ1) is 15.4. The Morgan fingerprint density at radius 2 is 0.765 bits per heavy atom. The van der Waals surface area contributed by atoms with Gasteiger partial charge in [0.05, 0.1) is 22.3 Å². The molecule has 2 N–H and O–H groups in total. The Bertz CT molecular complexity index is 1210. The van der Waals surface area contributed by atoms with Gasteiger partial charge in [-0.15, -0.1) is 0 Å². The van der Waals surface area contributed by atoms with Crippen LogP contribution in [0, 0.1) is 0 Å². The molecule has 0 saturated heterocycles. The van der Waals surface area contributed by atoms with Crippen molar-refractivity contribution in [2.75, 3.05) is 0 Å². The average Bonchev–Trinajstić information content (AvgIpc) is 3.32. The van der Waals surface area contributed by atoms with Gasteiger partial charge in [0.25, 0.3) is 0 Å². The lowest BCUT2D eigenvalue weighted by Crippen LogP contribution is -2.11. The maximum Gasteiger partial charge on any atom is 0.418 e. The van der Waals surface area contributed by atoms with Gasteiger partial charge in [0.15, 0.2) is 0 Å². The molecule has 4 aromatic rings. The van der Waals surface area contributed by atoms with Gasteiger partial charge in [-0.3, -0.25) is 0 Å². The zero-order chi connectivity index (χ0) is 25.7. The third-order valence-electron chi connectivity index (χ3n) is 4.11. The van der Waals surface area contributed by atoms with Crippen molar-refractivity contribution in [3.05, 3.63) is 46.5 Å². The highest BCUT2D eigenvalue weighted by Gasteiger charge is 2.40. The molecular weight excluding hydrogens is 504 g/mol. The lowest BCUT2D eigenvalue weighted by atomic mass is 10.1. The second-order valence-corrected chi connectivity index (χ2v) is 6.42. The molecule has 0 amide bonds. The molecule has 4 rings (SSSR count). The van der Waals surface area contributed by atoms with Gasteiger partial charge >= 0.3 is 24.7 Å². The van der Waals surface area contributed by atoms with Crippen LogP contribution in [-0.4, -0.2) is 30.8 Å². The van der Waals surface area contributed by atoms with Crippen LogP contribution >= 0.6 is 0 Å². The van der Waals surface area contributed by atoms with Crippen LogP contribution in [0.15, 0.2) is 24.3 Å². The summed E-state index contributed by atoms with van der Waals surface area (Å²) in [6.45, 7) is 0. The number of nitrogens with one attached hydrogen (secondary N) is 2. The van der Waals surface area contributed by atoms with Crippen LogP contribution in [0.5, 0.6) is 0 Å². The van der Waals surface area contributed by atoms with Gasteiger partial charge in [0.2, 0.25) is 0 Å². The molecule has 0 saturated carbocycles. The van der Waals surface area contributed by atoms with E-state index in [0.717, 1.165) is 0 Å². The van der Waals surface area contributed by atoms with Crippen LogP contribution in [0.25, 0.3) is 22.1 Å². The van der Waals surface area contributed by atoms with Gasteiger partial charge in [0.1, 0.15) is 22.1 Å². The van der Waals surface area contributed by atoms with Gasteiger partial charge in [-0.05, 0) is 24.3 Å². The number of fused-ring (bicyclic) bond motifs is 2. The van der Waals surface area contributed by atoms with Crippen molar-refractivity contribution >= 4 is 22.1 Å². The number of rotatable bonds is 0. The number of benzene rings is 2. The minimum Gasteiger partial charge on any atom is -0.197 e. The normalized spacial score (nSPS) is 13.3. The van der Waals surface area contributed by atoms with E-state index < -0.39 is 69.0 Å². The van der Waals surface area contributed by atoms with E-state index in [1.807, 2.05) is 10.4 Å². The van der Waals surface area contributed by atoms with Crippen LogP contribution < -0.4 is 0 Å². The van der Waals surface area contributed by atoms with Crippen LogP contribution in [0.3, 0.4) is 0 Å². The number of H-pyrrole nitrogens is 2. The lowest BCUT2D eigenvalue weighted by molar-refractivity contribution is -0.143. The topological polar surface area (TPSA) is 83.1 Å². The summed E-state index contributed by atoms with van der Waals surface area (Å²) in [6.07, 6.45) is -19.6. The van der Waals surface area contributed by atoms with Gasteiger partial charge in [-0.1, -0.05) is 0 Å². The highest BCUT2D eigenvalue weighted by molar-refractivity contribution is 5.80. The van der Waals surface area contributed by atoms with Crippen LogP contribution in [0.2, 0.25) is 0 Å². The summed E-state index contributed by atoms with van der Waals surface area (Å²) in [5.74, 6) is 0. The highest BCUT2D eigenvalue weighted by Crippen LogP contribution is 2.40. The zero-order valence-electron chi connectivity index (χ0n) is 15.6. The monoisotopic (exact) mass is 510 g/mol. The van der Waals surface area contributed by atoms with Crippen molar-refractivity contribution in [3.63, 3.8) is 0 Å². The number of alkyl halides is 12. The summed E-state index contributed by atoms with van der Waals surface area (Å²) in [5, 5.41) is 16.6. The molecule has 34 heavy (non-hydrogen) atoms. The zero-order valence-corrected chi connectivity index (χ0v) is 15.6. The van der Waals surface area contributed by atoms with Gasteiger partial charge in [-0.2, -0.15) is 83.5 Å². The fourth-order valence-electron chi connectivity index (χ4n) is 2.66. The summed E-state index contributed by atoms with van der Waals surface area (Å²) < 4.78 is 149. The minimum absolute atomic E-state index is 0.0187. The molecule has 18 heteroatoms. The Morgan fingerprint density at radius 3 is 1.03 bits per heavy atom. The van der Waals surface area contributed by atoms with Crippen molar-refractivity contribution in [1.82, 2.24) is 30.8 Å². The number of aromatic nitrogens is 6. The fourth-order valence-corrected chi connectivity index (χ4v) is 2.66. The first kappa shape index (κ1) is 25.0. The van der Waals surface area contributed by atoms with Gasteiger partial charge in [0, 0.05) is 0 Å². The summed E-state index contributed by atoms with van der Waals surface area (Å²) in [5.41, 5.74) is -7.97. The molecule has 6 nitrogen and oxygen atoms in total. The molecule has 2 aromatic heterocycles. The predicted molar refractivity (Wildman–Crippen MR) is 87.8 cm³/mol. The van der Waals surface area contributed by atoms with E-state index in [1.165, 1.54) is 0 Å². The number of nitrogens with zero attached hydrogens (tertiary/aromatic N) is 4. The number of halogens is 12. The van der Waals surface area contributed by atoms with Crippen molar-refractivity contribution in [1.29, 1.82) is 0 Å². The van der Waals surface area contributed by atoms with Gasteiger partial charge in [-0.25, -0.2) is 0 Å². The Kier molecular flexibility index (Phi) is 5.90. The fraction of sp³-hybridized carbons (Fsp3) is 0.250. The van der Waals surface area contributed by atoms with Crippen LogP contribution in [0.1, 0.15) is 22.3 Å². The predicted octanol–water partition coefficient (Wildman–Crippen LogP) is 5.99. The number of hydrogen-bond acceptors (Lipinski definition) is 4. The molecule has 0 radical (unpaired) electrons. The largest absolute Gasteiger partial charge is 0.418 e. The summed E-state index contributed by atoms with van der Waals surface area (Å²) in [7, 11) is 0. The number of aromatic amines is 2. The highest BCUT2D eigenvalue weighted by atomic mass is 19.4. The van der Waals surface area contributed by atoms with Crippen LogP contribution in [-0.2, 0) is 24.7 Å². The third-order valence-corrected chi connectivity index (χ3v) is 4.11. The molecule has 2 aromatic carbocycles. The maximum absolute atomic E-state index is 12.5. The average molecular weight is 510 g/mol. The summed E-state index contributed by atoms with van der Waals surface area (Å²) in [4.78, 5) is 0. The second kappa shape index (κ2) is 8.01. The Balaban J connectivity index is 0.000000191. The van der Waals surface area contributed by atoms with E-state index in [9.17, 15) is 52.7 Å². The second-order valence-electron chi connectivity index (χ2n) is 6.42. The molecule has 0 unspecified atom stereocenters. The smallest absolute Gasteiger partial charge is 0.197 e. The van der Waals surface area contributed by atoms with Crippen LogP contribution in [0.4, 0.5) is 52.7 Å². The van der Waals surface area contributed by atoms with E-state index in [4.69, 9.17) is 0 Å². The van der Waals surface area contributed by atoms with E-state index in [1.54, 1.807) is 0 Å².